The molecule has 0 unspecified atom stereocenters. The summed E-state index contributed by atoms with van der Waals surface area (Å²) in [5.74, 6) is 0.244. The van der Waals surface area contributed by atoms with Gasteiger partial charge in [-0.3, -0.25) is 4.79 Å². The second kappa shape index (κ2) is 11.0. The second-order valence-corrected chi connectivity index (χ2v) is 6.93. The molecule has 0 heterocycles. The molecule has 1 amide bonds. The van der Waals surface area contributed by atoms with Crippen LogP contribution in [-0.2, 0) is 14.3 Å². The van der Waals surface area contributed by atoms with E-state index in [0.29, 0.717) is 18.1 Å². The first-order valence-electron chi connectivity index (χ1n) is 9.92. The minimum atomic E-state index is -0.930. The highest BCUT2D eigenvalue weighted by Gasteiger charge is 2.18. The van der Waals surface area contributed by atoms with Gasteiger partial charge in [-0.1, -0.05) is 31.2 Å². The Morgan fingerprint density at radius 2 is 1.80 bits per heavy atom. The molecule has 0 saturated heterocycles. The molecule has 2 aromatic carbocycles. The topological polar surface area (TPSA) is 73.9 Å². The Labute approximate surface area is 177 Å². The third-order valence-corrected chi connectivity index (χ3v) is 4.45. The van der Waals surface area contributed by atoms with Crippen LogP contribution in [0, 0.1) is 13.8 Å². The van der Waals surface area contributed by atoms with Crippen molar-refractivity contribution in [1.82, 2.24) is 0 Å². The normalized spacial score (nSPS) is 11.8. The summed E-state index contributed by atoms with van der Waals surface area (Å²) < 4.78 is 16.2. The zero-order chi connectivity index (χ0) is 22.1. The van der Waals surface area contributed by atoms with Crippen LogP contribution in [0.3, 0.4) is 0 Å². The number of aryl methyl sites for hydroxylation is 2. The second-order valence-electron chi connectivity index (χ2n) is 6.93. The van der Waals surface area contributed by atoms with Gasteiger partial charge in [0.1, 0.15) is 0 Å². The Hall–Kier alpha value is -3.28. The number of benzene rings is 2. The number of methoxy groups -OCH3 is 1. The molecule has 0 aliphatic heterocycles. The number of hydrogen-bond acceptors (Lipinski definition) is 5. The molecule has 2 aromatic rings. The number of anilines is 1. The molecule has 6 nitrogen and oxygen atoms in total. The lowest BCUT2D eigenvalue weighted by molar-refractivity contribution is -0.148. The predicted octanol–water partition coefficient (Wildman–Crippen LogP) is 4.68. The summed E-state index contributed by atoms with van der Waals surface area (Å²) in [6, 6.07) is 11.1. The van der Waals surface area contributed by atoms with Gasteiger partial charge in [-0.15, -0.1) is 0 Å². The maximum Gasteiger partial charge on any atom is 0.331 e. The van der Waals surface area contributed by atoms with Gasteiger partial charge in [-0.2, -0.15) is 0 Å². The zero-order valence-electron chi connectivity index (χ0n) is 18.2. The van der Waals surface area contributed by atoms with Crippen LogP contribution < -0.4 is 14.8 Å². The monoisotopic (exact) mass is 411 g/mol. The van der Waals surface area contributed by atoms with Gasteiger partial charge >= 0.3 is 5.97 Å². The third-order valence-electron chi connectivity index (χ3n) is 4.45. The number of carbonyl (C=O) groups is 2. The molecule has 30 heavy (non-hydrogen) atoms. The molecule has 0 aliphatic carbocycles. The number of hydrogen-bond donors (Lipinski definition) is 1. The number of amides is 1. The van der Waals surface area contributed by atoms with Crippen molar-refractivity contribution in [3.63, 3.8) is 0 Å². The van der Waals surface area contributed by atoms with Crippen LogP contribution in [0.4, 0.5) is 5.69 Å². The van der Waals surface area contributed by atoms with E-state index in [1.54, 1.807) is 25.3 Å². The van der Waals surface area contributed by atoms with E-state index in [0.717, 1.165) is 28.8 Å². The molecule has 0 spiro atoms. The van der Waals surface area contributed by atoms with Gasteiger partial charge in [-0.05, 0) is 62.1 Å². The highest BCUT2D eigenvalue weighted by Crippen LogP contribution is 2.28. The van der Waals surface area contributed by atoms with Gasteiger partial charge in [0, 0.05) is 11.8 Å². The Bertz CT molecular complexity index is 900. The summed E-state index contributed by atoms with van der Waals surface area (Å²) in [5, 5.41) is 2.82. The Kier molecular flexibility index (Phi) is 8.47. The number of para-hydroxylation sites is 1. The number of esters is 1. The predicted molar refractivity (Wildman–Crippen MR) is 118 cm³/mol. The fraction of sp³-hybridized carbons (Fsp3) is 0.333. The number of carbonyl (C=O) groups excluding carboxylic acids is 2. The van der Waals surface area contributed by atoms with E-state index in [4.69, 9.17) is 14.2 Å². The van der Waals surface area contributed by atoms with Crippen molar-refractivity contribution in [2.45, 2.75) is 40.2 Å². The SMILES string of the molecule is CCCOc1ccc(/C=C/C(=O)O[C@@H](C)C(=O)Nc2c(C)cccc2C)cc1OC. The lowest BCUT2D eigenvalue weighted by Gasteiger charge is -2.15. The van der Waals surface area contributed by atoms with E-state index in [1.807, 2.05) is 45.0 Å². The molecule has 0 bridgehead atoms. The smallest absolute Gasteiger partial charge is 0.331 e. The highest BCUT2D eigenvalue weighted by atomic mass is 16.5. The molecule has 2 rings (SSSR count). The molecule has 0 aromatic heterocycles. The lowest BCUT2D eigenvalue weighted by Crippen LogP contribution is -2.30. The fourth-order valence-corrected chi connectivity index (χ4v) is 2.79. The molecule has 0 fully saturated rings. The van der Waals surface area contributed by atoms with Crippen molar-refractivity contribution in [2.75, 3.05) is 19.0 Å². The molecule has 0 aliphatic rings. The van der Waals surface area contributed by atoms with Gasteiger partial charge in [0.15, 0.2) is 17.6 Å². The van der Waals surface area contributed by atoms with Crippen LogP contribution in [0.15, 0.2) is 42.5 Å². The average Bonchev–Trinajstić information content (AvgIpc) is 2.73. The summed E-state index contributed by atoms with van der Waals surface area (Å²) in [5.41, 5.74) is 3.38. The number of rotatable bonds is 9. The van der Waals surface area contributed by atoms with Crippen molar-refractivity contribution in [3.8, 4) is 11.5 Å². The van der Waals surface area contributed by atoms with Crippen molar-refractivity contribution in [2.24, 2.45) is 0 Å². The van der Waals surface area contributed by atoms with Crippen LogP contribution >= 0.6 is 0 Å². The first-order chi connectivity index (χ1) is 14.3. The summed E-state index contributed by atoms with van der Waals surface area (Å²) in [7, 11) is 1.56. The minimum Gasteiger partial charge on any atom is -0.493 e. The van der Waals surface area contributed by atoms with E-state index in [-0.39, 0.29) is 5.91 Å². The van der Waals surface area contributed by atoms with E-state index >= 15 is 0 Å². The van der Waals surface area contributed by atoms with Crippen LogP contribution in [0.2, 0.25) is 0 Å². The molecule has 6 heteroatoms. The van der Waals surface area contributed by atoms with Crippen molar-refractivity contribution in [3.05, 3.63) is 59.2 Å². The van der Waals surface area contributed by atoms with Gasteiger partial charge in [0.2, 0.25) is 0 Å². The molecule has 160 valence electrons. The minimum absolute atomic E-state index is 0.381. The maximum absolute atomic E-state index is 12.4. The fourth-order valence-electron chi connectivity index (χ4n) is 2.79. The van der Waals surface area contributed by atoms with E-state index < -0.39 is 12.1 Å². The molecule has 0 radical (unpaired) electrons. The molecule has 1 N–H and O–H groups in total. The number of ether oxygens (including phenoxy) is 3. The third kappa shape index (κ3) is 6.37. The van der Waals surface area contributed by atoms with Crippen LogP contribution in [0.25, 0.3) is 6.08 Å². The summed E-state index contributed by atoms with van der Waals surface area (Å²) >= 11 is 0. The van der Waals surface area contributed by atoms with Crippen LogP contribution in [0.5, 0.6) is 11.5 Å². The molecule has 0 saturated carbocycles. The first-order valence-corrected chi connectivity index (χ1v) is 9.92. The first kappa shape index (κ1) is 23.0. The van der Waals surface area contributed by atoms with Gasteiger partial charge in [0.25, 0.3) is 5.91 Å². The Balaban J connectivity index is 1.97. The standard InChI is InChI=1S/C24H29NO5/c1-6-14-29-20-12-10-19(15-21(20)28-5)11-13-22(26)30-18(4)24(27)25-23-16(2)8-7-9-17(23)3/h7-13,15,18H,6,14H2,1-5H3,(H,25,27)/b13-11+/t18-/m0/s1. The summed E-state index contributed by atoms with van der Waals surface area (Å²) in [6.45, 7) is 7.99. The molecular formula is C24H29NO5. The maximum atomic E-state index is 12.4. The largest absolute Gasteiger partial charge is 0.493 e. The van der Waals surface area contributed by atoms with E-state index in [1.165, 1.54) is 13.0 Å². The van der Waals surface area contributed by atoms with Crippen molar-refractivity contribution >= 4 is 23.6 Å². The summed E-state index contributed by atoms with van der Waals surface area (Å²) in [6.07, 6.45) is 2.85. The van der Waals surface area contributed by atoms with Gasteiger partial charge < -0.3 is 19.5 Å². The van der Waals surface area contributed by atoms with Gasteiger partial charge in [0.05, 0.1) is 13.7 Å². The van der Waals surface area contributed by atoms with E-state index in [2.05, 4.69) is 5.32 Å². The Morgan fingerprint density at radius 3 is 2.43 bits per heavy atom. The highest BCUT2D eigenvalue weighted by molar-refractivity contribution is 5.97. The van der Waals surface area contributed by atoms with Crippen LogP contribution in [0.1, 0.15) is 37.0 Å². The number of nitrogens with one attached hydrogen (secondary N) is 1. The van der Waals surface area contributed by atoms with Crippen LogP contribution in [-0.4, -0.2) is 31.7 Å². The quantitative estimate of drug-likeness (QED) is 0.479. The van der Waals surface area contributed by atoms with E-state index in [9.17, 15) is 9.59 Å². The Morgan fingerprint density at radius 1 is 1.10 bits per heavy atom. The molecule has 1 atom stereocenters. The van der Waals surface area contributed by atoms with Gasteiger partial charge in [-0.25, -0.2) is 4.79 Å². The lowest BCUT2D eigenvalue weighted by atomic mass is 10.1. The zero-order valence-corrected chi connectivity index (χ0v) is 18.2. The van der Waals surface area contributed by atoms with Crippen molar-refractivity contribution in [1.29, 1.82) is 0 Å². The average molecular weight is 411 g/mol. The van der Waals surface area contributed by atoms with Crippen molar-refractivity contribution < 1.29 is 23.8 Å². The summed E-state index contributed by atoms with van der Waals surface area (Å²) in [4.78, 5) is 24.5. The molecular weight excluding hydrogens is 382 g/mol.